The number of halogens is 1. The molecule has 0 aromatic carbocycles. The Morgan fingerprint density at radius 1 is 1.28 bits per heavy atom. The summed E-state index contributed by atoms with van der Waals surface area (Å²) in [5.74, 6) is 0.417. The van der Waals surface area contributed by atoms with E-state index in [1.54, 1.807) is 12.4 Å². The van der Waals surface area contributed by atoms with E-state index in [2.05, 4.69) is 26.4 Å². The van der Waals surface area contributed by atoms with E-state index in [0.29, 0.717) is 18.8 Å². The first-order valence-electron chi connectivity index (χ1n) is 8.13. The first-order chi connectivity index (χ1) is 12.2. The number of imidazole rings is 1. The molecule has 0 aliphatic carbocycles. The van der Waals surface area contributed by atoms with Crippen molar-refractivity contribution in [3.8, 4) is 11.3 Å². The monoisotopic (exact) mass is 339 g/mol. The molecule has 128 valence electrons. The third-order valence-electron chi connectivity index (χ3n) is 4.35. The Hall–Kier alpha value is -2.80. The Balaban J connectivity index is 1.86. The SMILES string of the molecule is C=Cc1ncc(-c2c(C)nc3c(N4CCOCC4)nccn23)cc1F. The molecule has 4 heterocycles. The van der Waals surface area contributed by atoms with Crippen molar-refractivity contribution in [3.05, 3.63) is 48.4 Å². The minimum Gasteiger partial charge on any atom is -0.378 e. The molecule has 0 atom stereocenters. The van der Waals surface area contributed by atoms with Crippen LogP contribution in [0.15, 0.2) is 31.2 Å². The number of morpholine rings is 1. The van der Waals surface area contributed by atoms with Gasteiger partial charge in [0.2, 0.25) is 0 Å². The number of aryl methyl sites for hydroxylation is 1. The zero-order valence-corrected chi connectivity index (χ0v) is 13.9. The second-order valence-electron chi connectivity index (χ2n) is 5.88. The summed E-state index contributed by atoms with van der Waals surface area (Å²) >= 11 is 0. The topological polar surface area (TPSA) is 55.5 Å². The smallest absolute Gasteiger partial charge is 0.181 e. The van der Waals surface area contributed by atoms with E-state index >= 15 is 0 Å². The van der Waals surface area contributed by atoms with Gasteiger partial charge in [-0.3, -0.25) is 9.38 Å². The maximum atomic E-state index is 14.1. The zero-order valence-electron chi connectivity index (χ0n) is 13.9. The number of hydrogen-bond acceptors (Lipinski definition) is 5. The third kappa shape index (κ3) is 2.66. The van der Waals surface area contributed by atoms with Crippen molar-refractivity contribution >= 4 is 17.5 Å². The van der Waals surface area contributed by atoms with Gasteiger partial charge in [-0.15, -0.1) is 0 Å². The summed E-state index contributed by atoms with van der Waals surface area (Å²) in [5.41, 5.74) is 3.28. The maximum Gasteiger partial charge on any atom is 0.181 e. The molecule has 25 heavy (non-hydrogen) atoms. The Kier molecular flexibility index (Phi) is 3.93. The Morgan fingerprint density at radius 2 is 2.08 bits per heavy atom. The van der Waals surface area contributed by atoms with Crippen molar-refractivity contribution in [3.63, 3.8) is 0 Å². The van der Waals surface area contributed by atoms with Crippen LogP contribution in [0.1, 0.15) is 11.4 Å². The van der Waals surface area contributed by atoms with Crippen LogP contribution in [-0.2, 0) is 4.74 Å². The highest BCUT2D eigenvalue weighted by Gasteiger charge is 2.20. The highest BCUT2D eigenvalue weighted by molar-refractivity contribution is 5.73. The van der Waals surface area contributed by atoms with Crippen LogP contribution in [0.4, 0.5) is 10.2 Å². The van der Waals surface area contributed by atoms with Gasteiger partial charge in [-0.25, -0.2) is 14.4 Å². The van der Waals surface area contributed by atoms with Crippen molar-refractivity contribution < 1.29 is 9.13 Å². The van der Waals surface area contributed by atoms with E-state index in [1.165, 1.54) is 12.1 Å². The molecule has 0 saturated carbocycles. The van der Waals surface area contributed by atoms with Crippen LogP contribution in [0, 0.1) is 12.7 Å². The predicted octanol–water partition coefficient (Wildman–Crippen LogP) is 2.72. The average Bonchev–Trinajstić information content (AvgIpc) is 2.98. The van der Waals surface area contributed by atoms with E-state index in [-0.39, 0.29) is 5.69 Å². The van der Waals surface area contributed by atoms with Crippen LogP contribution < -0.4 is 4.90 Å². The number of nitrogens with zero attached hydrogens (tertiary/aromatic N) is 5. The summed E-state index contributed by atoms with van der Waals surface area (Å²) in [7, 11) is 0. The summed E-state index contributed by atoms with van der Waals surface area (Å²) in [6.45, 7) is 8.38. The second-order valence-corrected chi connectivity index (χ2v) is 5.88. The lowest BCUT2D eigenvalue weighted by Gasteiger charge is -2.27. The first-order valence-corrected chi connectivity index (χ1v) is 8.13. The van der Waals surface area contributed by atoms with E-state index in [9.17, 15) is 4.39 Å². The molecule has 7 heteroatoms. The van der Waals surface area contributed by atoms with Crippen molar-refractivity contribution in [2.24, 2.45) is 0 Å². The van der Waals surface area contributed by atoms with Gasteiger partial charge < -0.3 is 9.64 Å². The minimum absolute atomic E-state index is 0.242. The van der Waals surface area contributed by atoms with Gasteiger partial charge in [-0.2, -0.15) is 0 Å². The summed E-state index contributed by atoms with van der Waals surface area (Å²) in [5, 5.41) is 0. The fraction of sp³-hybridized carbons (Fsp3) is 0.278. The molecule has 1 fully saturated rings. The lowest BCUT2D eigenvalue weighted by atomic mass is 10.1. The molecule has 1 aliphatic rings. The van der Waals surface area contributed by atoms with E-state index in [4.69, 9.17) is 4.74 Å². The molecular weight excluding hydrogens is 321 g/mol. The molecule has 3 aromatic heterocycles. The molecule has 0 spiro atoms. The quantitative estimate of drug-likeness (QED) is 0.734. The molecule has 1 saturated heterocycles. The predicted molar refractivity (Wildman–Crippen MR) is 94.0 cm³/mol. The normalized spacial score (nSPS) is 14.9. The molecule has 6 nitrogen and oxygen atoms in total. The van der Waals surface area contributed by atoms with Crippen LogP contribution in [0.3, 0.4) is 0 Å². The van der Waals surface area contributed by atoms with Gasteiger partial charge in [0.05, 0.1) is 30.3 Å². The molecule has 0 N–H and O–H groups in total. The third-order valence-corrected chi connectivity index (χ3v) is 4.35. The van der Waals surface area contributed by atoms with E-state index < -0.39 is 5.82 Å². The van der Waals surface area contributed by atoms with Gasteiger partial charge in [0, 0.05) is 37.2 Å². The number of fused-ring (bicyclic) bond motifs is 1. The molecule has 0 unspecified atom stereocenters. The molecule has 4 rings (SSSR count). The first kappa shape index (κ1) is 15.7. The molecular formula is C18H18FN5O. The number of hydrogen-bond donors (Lipinski definition) is 0. The molecule has 0 radical (unpaired) electrons. The molecule has 1 aliphatic heterocycles. The maximum absolute atomic E-state index is 14.1. The van der Waals surface area contributed by atoms with E-state index in [1.807, 2.05) is 17.5 Å². The van der Waals surface area contributed by atoms with Crippen LogP contribution in [0.25, 0.3) is 23.0 Å². The average molecular weight is 339 g/mol. The lowest BCUT2D eigenvalue weighted by molar-refractivity contribution is 0.122. The minimum atomic E-state index is -0.399. The van der Waals surface area contributed by atoms with E-state index in [0.717, 1.165) is 35.9 Å². The number of anilines is 1. The van der Waals surface area contributed by atoms with Crippen molar-refractivity contribution in [1.29, 1.82) is 0 Å². The van der Waals surface area contributed by atoms with Gasteiger partial charge in [0.15, 0.2) is 11.5 Å². The molecule has 0 amide bonds. The van der Waals surface area contributed by atoms with Gasteiger partial charge in [-0.05, 0) is 19.1 Å². The Bertz CT molecular complexity index is 946. The van der Waals surface area contributed by atoms with Gasteiger partial charge in [0.1, 0.15) is 5.82 Å². The lowest BCUT2D eigenvalue weighted by Crippen LogP contribution is -2.37. The van der Waals surface area contributed by atoms with Gasteiger partial charge in [0.25, 0.3) is 0 Å². The highest BCUT2D eigenvalue weighted by Crippen LogP contribution is 2.29. The fourth-order valence-electron chi connectivity index (χ4n) is 3.15. The number of pyridine rings is 1. The standard InChI is InChI=1S/C18H18FN5O/c1-3-15-14(19)10-13(11-21-15)16-12(2)22-18-17(20-4-5-24(16)18)23-6-8-25-9-7-23/h3-5,10-11H,1,6-9H2,2H3. The Labute approximate surface area is 144 Å². The van der Waals surface area contributed by atoms with Gasteiger partial charge >= 0.3 is 0 Å². The van der Waals surface area contributed by atoms with Crippen LogP contribution in [-0.4, -0.2) is 45.7 Å². The summed E-state index contributed by atoms with van der Waals surface area (Å²) in [6, 6.07) is 1.47. The van der Waals surface area contributed by atoms with Crippen molar-refractivity contribution in [2.75, 3.05) is 31.2 Å². The van der Waals surface area contributed by atoms with Gasteiger partial charge in [-0.1, -0.05) is 6.58 Å². The summed E-state index contributed by atoms with van der Waals surface area (Å²) < 4.78 is 21.5. The summed E-state index contributed by atoms with van der Waals surface area (Å²) in [6.07, 6.45) is 6.63. The Morgan fingerprint density at radius 3 is 2.80 bits per heavy atom. The molecule has 3 aromatic rings. The highest BCUT2D eigenvalue weighted by atomic mass is 19.1. The molecule has 0 bridgehead atoms. The van der Waals surface area contributed by atoms with Crippen molar-refractivity contribution in [1.82, 2.24) is 19.4 Å². The van der Waals surface area contributed by atoms with Crippen LogP contribution in [0.5, 0.6) is 0 Å². The number of aromatic nitrogens is 4. The number of ether oxygens (including phenoxy) is 1. The fourth-order valence-corrected chi connectivity index (χ4v) is 3.15. The van der Waals surface area contributed by atoms with Crippen molar-refractivity contribution in [2.45, 2.75) is 6.92 Å². The van der Waals surface area contributed by atoms with Crippen LogP contribution in [0.2, 0.25) is 0 Å². The number of rotatable bonds is 3. The zero-order chi connectivity index (χ0) is 17.4. The van der Waals surface area contributed by atoms with Crippen LogP contribution >= 0.6 is 0 Å². The second kappa shape index (κ2) is 6.25. The largest absolute Gasteiger partial charge is 0.378 e. The summed E-state index contributed by atoms with van der Waals surface area (Å²) in [4.78, 5) is 15.5.